The van der Waals surface area contributed by atoms with Crippen molar-refractivity contribution in [3.05, 3.63) is 53.6 Å². The molecule has 2 saturated heterocycles. The van der Waals surface area contributed by atoms with E-state index in [1.807, 2.05) is 24.1 Å². The van der Waals surface area contributed by atoms with Gasteiger partial charge in [-0.25, -0.2) is 4.39 Å². The number of carbonyl (C=O) groups is 1. The van der Waals surface area contributed by atoms with Crippen LogP contribution in [0, 0.1) is 11.7 Å². The molecule has 0 aliphatic carbocycles. The molecule has 0 saturated carbocycles. The number of hydrogen-bond donors (Lipinski definition) is 2. The summed E-state index contributed by atoms with van der Waals surface area (Å²) in [5, 5.41) is 4.10. The van der Waals surface area contributed by atoms with E-state index in [1.54, 1.807) is 17.1 Å². The van der Waals surface area contributed by atoms with Gasteiger partial charge in [0, 0.05) is 44.8 Å². The summed E-state index contributed by atoms with van der Waals surface area (Å²) in [6.07, 6.45) is 5.46. The Morgan fingerprint density at radius 2 is 2.12 bits per heavy atom. The van der Waals surface area contributed by atoms with Crippen LogP contribution in [-0.4, -0.2) is 46.3 Å². The second-order valence-corrected chi connectivity index (χ2v) is 7.27. The van der Waals surface area contributed by atoms with Gasteiger partial charge in [0.1, 0.15) is 5.82 Å². The van der Waals surface area contributed by atoms with Crippen molar-refractivity contribution in [2.24, 2.45) is 13.0 Å². The van der Waals surface area contributed by atoms with Gasteiger partial charge in [-0.15, -0.1) is 0 Å². The maximum absolute atomic E-state index is 13.2. The zero-order chi connectivity index (χ0) is 18.1. The molecule has 2 aromatic rings. The Balaban J connectivity index is 1.48. The van der Waals surface area contributed by atoms with Crippen LogP contribution in [0.2, 0.25) is 0 Å². The van der Waals surface area contributed by atoms with Gasteiger partial charge in [-0.3, -0.25) is 20.3 Å². The molecule has 2 fully saturated rings. The molecular weight excluding hydrogens is 333 g/mol. The van der Waals surface area contributed by atoms with Gasteiger partial charge >= 0.3 is 0 Å². The Bertz CT molecular complexity index is 774. The van der Waals surface area contributed by atoms with Crippen LogP contribution >= 0.6 is 0 Å². The first kappa shape index (κ1) is 17.2. The lowest BCUT2D eigenvalue weighted by Crippen LogP contribution is -2.48. The topological polar surface area (TPSA) is 62.2 Å². The molecule has 1 amide bonds. The van der Waals surface area contributed by atoms with Crippen molar-refractivity contribution in [2.45, 2.75) is 24.8 Å². The summed E-state index contributed by atoms with van der Waals surface area (Å²) in [6, 6.07) is 6.99. The number of carbonyl (C=O) groups excluding carboxylic acids is 1. The third-order valence-electron chi connectivity index (χ3n) is 5.53. The van der Waals surface area contributed by atoms with E-state index < -0.39 is 0 Å². The Kier molecular flexibility index (Phi) is 4.74. The number of aromatic nitrogens is 2. The van der Waals surface area contributed by atoms with Gasteiger partial charge in [-0.2, -0.15) is 5.10 Å². The average molecular weight is 357 g/mol. The maximum atomic E-state index is 13.2. The molecule has 4 rings (SSSR count). The molecule has 0 bridgehead atoms. The third kappa shape index (κ3) is 3.37. The van der Waals surface area contributed by atoms with E-state index in [0.717, 1.165) is 38.0 Å². The van der Waals surface area contributed by atoms with Crippen LogP contribution in [0.15, 0.2) is 36.7 Å². The highest BCUT2D eigenvalue weighted by atomic mass is 19.1. The summed E-state index contributed by atoms with van der Waals surface area (Å²) in [4.78, 5) is 14.7. The van der Waals surface area contributed by atoms with Crippen molar-refractivity contribution < 1.29 is 9.18 Å². The molecule has 3 atom stereocenters. The van der Waals surface area contributed by atoms with Crippen LogP contribution in [0.1, 0.15) is 34.7 Å². The Hall–Kier alpha value is -2.25. The number of hydrogen-bond acceptors (Lipinski definition) is 4. The number of hydrazine groups is 1. The molecule has 2 aliphatic rings. The largest absolute Gasteiger partial charge is 0.338 e. The fourth-order valence-corrected chi connectivity index (χ4v) is 4.20. The first-order valence-corrected chi connectivity index (χ1v) is 9.13. The van der Waals surface area contributed by atoms with Gasteiger partial charge in [0.15, 0.2) is 0 Å². The van der Waals surface area contributed by atoms with E-state index in [9.17, 15) is 9.18 Å². The van der Waals surface area contributed by atoms with Crippen molar-refractivity contribution in [3.63, 3.8) is 0 Å². The van der Waals surface area contributed by atoms with Crippen molar-refractivity contribution >= 4 is 5.91 Å². The van der Waals surface area contributed by atoms with Gasteiger partial charge in [-0.05, 0) is 36.5 Å². The van der Waals surface area contributed by atoms with Crippen molar-refractivity contribution in [1.82, 2.24) is 25.5 Å². The van der Waals surface area contributed by atoms with Crippen molar-refractivity contribution in [3.8, 4) is 0 Å². The van der Waals surface area contributed by atoms with Crippen molar-refractivity contribution in [2.75, 3.05) is 19.6 Å². The van der Waals surface area contributed by atoms with Crippen LogP contribution in [0.25, 0.3) is 0 Å². The lowest BCUT2D eigenvalue weighted by molar-refractivity contribution is 0.0644. The maximum Gasteiger partial charge on any atom is 0.257 e. The van der Waals surface area contributed by atoms with Gasteiger partial charge in [-0.1, -0.05) is 12.1 Å². The zero-order valence-electron chi connectivity index (χ0n) is 14.9. The number of rotatable bonds is 3. The van der Waals surface area contributed by atoms with Gasteiger partial charge in [0.25, 0.3) is 5.91 Å². The summed E-state index contributed by atoms with van der Waals surface area (Å²) < 4.78 is 14.9. The SMILES string of the molecule is Cn1cc(C(=O)N2CCCC(C3NNCC3c3ccc(F)cc3)C2)cn1. The summed E-state index contributed by atoms with van der Waals surface area (Å²) in [7, 11) is 1.82. The average Bonchev–Trinajstić information content (AvgIpc) is 3.31. The van der Waals surface area contributed by atoms with Gasteiger partial charge in [0.05, 0.1) is 11.8 Å². The molecule has 3 unspecified atom stereocenters. The van der Waals surface area contributed by atoms with Crippen LogP contribution < -0.4 is 10.9 Å². The molecule has 6 nitrogen and oxygen atoms in total. The normalized spacial score (nSPS) is 26.2. The van der Waals surface area contributed by atoms with Gasteiger partial charge in [0.2, 0.25) is 0 Å². The predicted octanol–water partition coefficient (Wildman–Crippen LogP) is 1.67. The van der Waals surface area contributed by atoms with E-state index in [-0.39, 0.29) is 23.7 Å². The lowest BCUT2D eigenvalue weighted by Gasteiger charge is -2.37. The van der Waals surface area contributed by atoms with Crippen molar-refractivity contribution in [1.29, 1.82) is 0 Å². The van der Waals surface area contributed by atoms with E-state index >= 15 is 0 Å². The smallest absolute Gasteiger partial charge is 0.257 e. The summed E-state index contributed by atoms with van der Waals surface area (Å²) in [5.74, 6) is 0.464. The second-order valence-electron chi connectivity index (χ2n) is 7.27. The molecule has 2 aliphatic heterocycles. The number of amides is 1. The van der Waals surface area contributed by atoms with E-state index in [2.05, 4.69) is 16.0 Å². The zero-order valence-corrected chi connectivity index (χ0v) is 14.9. The molecule has 26 heavy (non-hydrogen) atoms. The third-order valence-corrected chi connectivity index (χ3v) is 5.53. The number of aryl methyl sites for hydroxylation is 1. The molecule has 1 aromatic heterocycles. The molecule has 1 aromatic carbocycles. The Labute approximate surface area is 152 Å². The van der Waals surface area contributed by atoms with Crippen LogP contribution in [0.4, 0.5) is 4.39 Å². The number of likely N-dealkylation sites (tertiary alicyclic amines) is 1. The van der Waals surface area contributed by atoms with E-state index in [1.165, 1.54) is 12.1 Å². The molecule has 7 heteroatoms. The summed E-state index contributed by atoms with van der Waals surface area (Å²) in [5.41, 5.74) is 8.41. The minimum absolute atomic E-state index is 0.0482. The minimum atomic E-state index is -0.213. The van der Waals surface area contributed by atoms with E-state index in [4.69, 9.17) is 0 Å². The molecule has 138 valence electrons. The first-order valence-electron chi connectivity index (χ1n) is 9.13. The van der Waals surface area contributed by atoms with Crippen LogP contribution in [-0.2, 0) is 7.05 Å². The molecule has 3 heterocycles. The summed E-state index contributed by atoms with van der Waals surface area (Å²) >= 11 is 0. The lowest BCUT2D eigenvalue weighted by atomic mass is 9.81. The first-order chi connectivity index (χ1) is 12.6. The molecule has 0 spiro atoms. The van der Waals surface area contributed by atoms with Gasteiger partial charge < -0.3 is 4.90 Å². The minimum Gasteiger partial charge on any atom is -0.338 e. The highest BCUT2D eigenvalue weighted by Crippen LogP contribution is 2.32. The highest BCUT2D eigenvalue weighted by molar-refractivity contribution is 5.93. The monoisotopic (exact) mass is 357 g/mol. The molecule has 0 radical (unpaired) electrons. The Morgan fingerprint density at radius 3 is 2.85 bits per heavy atom. The Morgan fingerprint density at radius 1 is 1.31 bits per heavy atom. The standard InChI is InChI=1S/C19H24FN5O/c1-24-11-15(9-22-24)19(26)25-8-2-3-14(12-25)18-17(10-21-23-18)13-4-6-16(20)7-5-13/h4-7,9,11,14,17-18,21,23H,2-3,8,10,12H2,1H3. The number of piperidine rings is 1. The van der Waals surface area contributed by atoms with Crippen LogP contribution in [0.3, 0.4) is 0 Å². The predicted molar refractivity (Wildman–Crippen MR) is 95.9 cm³/mol. The van der Waals surface area contributed by atoms with E-state index in [0.29, 0.717) is 11.5 Å². The molecular formula is C19H24FN5O. The quantitative estimate of drug-likeness (QED) is 0.877. The fourth-order valence-electron chi connectivity index (χ4n) is 4.20. The number of nitrogens with zero attached hydrogens (tertiary/aromatic N) is 3. The molecule has 2 N–H and O–H groups in total. The second kappa shape index (κ2) is 7.17. The van der Waals surface area contributed by atoms with Crippen LogP contribution in [0.5, 0.6) is 0 Å². The number of benzene rings is 1. The highest BCUT2D eigenvalue weighted by Gasteiger charge is 2.37. The summed E-state index contributed by atoms with van der Waals surface area (Å²) in [6.45, 7) is 2.32. The number of nitrogens with one attached hydrogen (secondary N) is 2. The fraction of sp³-hybridized carbons (Fsp3) is 0.474. The number of halogens is 1.